The number of rotatable bonds is 6. The lowest BCUT2D eigenvalue weighted by Gasteiger charge is -2.35. The highest BCUT2D eigenvalue weighted by atomic mass is 16.3. The van der Waals surface area contributed by atoms with Gasteiger partial charge in [0, 0.05) is 0 Å². The molecule has 1 spiro atoms. The zero-order chi connectivity index (χ0) is 18.4. The summed E-state index contributed by atoms with van der Waals surface area (Å²) in [5.41, 5.74) is 3.83. The first-order valence-corrected chi connectivity index (χ1v) is 11.6. The Morgan fingerprint density at radius 1 is 1.04 bits per heavy atom. The summed E-state index contributed by atoms with van der Waals surface area (Å²) < 4.78 is 0. The summed E-state index contributed by atoms with van der Waals surface area (Å²) in [6.07, 6.45) is 24.8. The Kier molecular flexibility index (Phi) is 7.44. The van der Waals surface area contributed by atoms with Crippen molar-refractivity contribution in [3.05, 3.63) is 23.3 Å². The summed E-state index contributed by atoms with van der Waals surface area (Å²) in [6, 6.07) is 0. The van der Waals surface area contributed by atoms with Crippen molar-refractivity contribution < 1.29 is 5.11 Å². The van der Waals surface area contributed by atoms with Crippen LogP contribution < -0.4 is 0 Å². The third-order valence-electron chi connectivity index (χ3n) is 7.34. The highest BCUT2D eigenvalue weighted by molar-refractivity contribution is 5.22. The summed E-state index contributed by atoms with van der Waals surface area (Å²) in [5, 5.41) is 9.87. The minimum Gasteiger partial charge on any atom is -0.393 e. The number of allylic oxidation sites excluding steroid dienone is 3. The molecular weight excluding hydrogens is 316 g/mol. The van der Waals surface area contributed by atoms with Crippen LogP contribution in [0.15, 0.2) is 23.3 Å². The minimum absolute atomic E-state index is 0.0858. The van der Waals surface area contributed by atoms with E-state index in [1.807, 2.05) is 0 Å². The standard InChI is InChI=1S/C25H42O/c1-20(2)7-3-4-8-23-14-16-25(19-23)15-6-10-22(18-25)13-12-21-9-5-11-24(26)17-21/h12-13,20,23-24,26H,3-11,14-19H2,1-2H3/b21-12-,22-13+/t23-,24+,25-/m1/s1. The van der Waals surface area contributed by atoms with Gasteiger partial charge in [0.15, 0.2) is 0 Å². The molecule has 0 aromatic heterocycles. The monoisotopic (exact) mass is 358 g/mol. The lowest BCUT2D eigenvalue weighted by molar-refractivity contribution is 0.149. The highest BCUT2D eigenvalue weighted by Gasteiger charge is 2.40. The number of hydrogen-bond acceptors (Lipinski definition) is 1. The molecule has 0 aromatic rings. The van der Waals surface area contributed by atoms with E-state index in [4.69, 9.17) is 0 Å². The fourth-order valence-corrected chi connectivity index (χ4v) is 5.90. The Morgan fingerprint density at radius 3 is 2.65 bits per heavy atom. The summed E-state index contributed by atoms with van der Waals surface area (Å²) in [5.74, 6) is 1.88. The van der Waals surface area contributed by atoms with Gasteiger partial charge in [-0.1, -0.05) is 62.8 Å². The predicted molar refractivity (Wildman–Crippen MR) is 112 cm³/mol. The number of aliphatic hydroxyl groups excluding tert-OH is 1. The molecule has 3 atom stereocenters. The van der Waals surface area contributed by atoms with E-state index in [0.29, 0.717) is 5.41 Å². The van der Waals surface area contributed by atoms with Gasteiger partial charge in [0.05, 0.1) is 6.10 Å². The normalized spacial score (nSPS) is 35.8. The fraction of sp³-hybridized carbons (Fsp3) is 0.840. The largest absolute Gasteiger partial charge is 0.393 e. The van der Waals surface area contributed by atoms with Crippen molar-refractivity contribution in [3.63, 3.8) is 0 Å². The first-order chi connectivity index (χ1) is 12.5. The summed E-state index contributed by atoms with van der Waals surface area (Å²) in [7, 11) is 0. The molecule has 0 unspecified atom stereocenters. The van der Waals surface area contributed by atoms with E-state index in [9.17, 15) is 5.11 Å². The van der Waals surface area contributed by atoms with Crippen molar-refractivity contribution in [2.75, 3.05) is 0 Å². The van der Waals surface area contributed by atoms with Gasteiger partial charge >= 0.3 is 0 Å². The Hall–Kier alpha value is -0.560. The van der Waals surface area contributed by atoms with E-state index in [0.717, 1.165) is 24.7 Å². The predicted octanol–water partition coefficient (Wildman–Crippen LogP) is 7.35. The Balaban J connectivity index is 1.48. The first kappa shape index (κ1) is 20.2. The van der Waals surface area contributed by atoms with Gasteiger partial charge < -0.3 is 5.11 Å². The Labute approximate surface area is 162 Å². The molecule has 1 N–H and O–H groups in total. The molecule has 0 radical (unpaired) electrons. The van der Waals surface area contributed by atoms with Crippen LogP contribution in [0.25, 0.3) is 0 Å². The van der Waals surface area contributed by atoms with Gasteiger partial charge in [-0.05, 0) is 87.9 Å². The lowest BCUT2D eigenvalue weighted by atomic mass is 9.70. The molecule has 3 aliphatic carbocycles. The van der Waals surface area contributed by atoms with Crippen LogP contribution in [0, 0.1) is 17.3 Å². The molecule has 0 aliphatic heterocycles. The maximum atomic E-state index is 9.87. The molecule has 1 heteroatoms. The van der Waals surface area contributed by atoms with Crippen molar-refractivity contribution in [3.8, 4) is 0 Å². The molecule has 26 heavy (non-hydrogen) atoms. The number of hydrogen-bond donors (Lipinski definition) is 1. The zero-order valence-corrected chi connectivity index (χ0v) is 17.4. The molecule has 3 rings (SSSR count). The molecule has 148 valence electrons. The van der Waals surface area contributed by atoms with Crippen LogP contribution in [0.1, 0.15) is 110 Å². The molecule has 0 saturated heterocycles. The maximum Gasteiger partial charge on any atom is 0.0577 e. The molecule has 0 heterocycles. The van der Waals surface area contributed by atoms with E-state index in [-0.39, 0.29) is 6.10 Å². The van der Waals surface area contributed by atoms with Crippen LogP contribution in [-0.4, -0.2) is 11.2 Å². The molecule has 0 bridgehead atoms. The van der Waals surface area contributed by atoms with E-state index >= 15 is 0 Å². The Morgan fingerprint density at radius 2 is 1.85 bits per heavy atom. The number of aliphatic hydroxyl groups is 1. The molecular formula is C25H42O. The average molecular weight is 359 g/mol. The molecule has 3 saturated carbocycles. The van der Waals surface area contributed by atoms with Crippen LogP contribution in [-0.2, 0) is 0 Å². The topological polar surface area (TPSA) is 20.2 Å². The van der Waals surface area contributed by atoms with Crippen molar-refractivity contribution in [1.82, 2.24) is 0 Å². The van der Waals surface area contributed by atoms with Gasteiger partial charge in [0.2, 0.25) is 0 Å². The number of unbranched alkanes of at least 4 members (excludes halogenated alkanes) is 1. The molecule has 0 aromatic carbocycles. The molecule has 3 fully saturated rings. The van der Waals surface area contributed by atoms with Gasteiger partial charge in [0.1, 0.15) is 0 Å². The van der Waals surface area contributed by atoms with E-state index < -0.39 is 0 Å². The van der Waals surface area contributed by atoms with Crippen LogP contribution >= 0.6 is 0 Å². The highest BCUT2D eigenvalue weighted by Crippen LogP contribution is 2.53. The smallest absolute Gasteiger partial charge is 0.0577 e. The van der Waals surface area contributed by atoms with Crippen molar-refractivity contribution in [2.45, 2.75) is 116 Å². The second-order valence-electron chi connectivity index (χ2n) is 10.2. The minimum atomic E-state index is -0.0858. The second-order valence-corrected chi connectivity index (χ2v) is 10.2. The van der Waals surface area contributed by atoms with Crippen molar-refractivity contribution >= 4 is 0 Å². The second kappa shape index (κ2) is 9.58. The fourth-order valence-electron chi connectivity index (χ4n) is 5.90. The summed E-state index contributed by atoms with van der Waals surface area (Å²) in [6.45, 7) is 4.70. The third-order valence-corrected chi connectivity index (χ3v) is 7.34. The third kappa shape index (κ3) is 5.98. The zero-order valence-electron chi connectivity index (χ0n) is 17.4. The van der Waals surface area contributed by atoms with Crippen molar-refractivity contribution in [1.29, 1.82) is 0 Å². The van der Waals surface area contributed by atoms with E-state index in [1.54, 1.807) is 5.57 Å². The van der Waals surface area contributed by atoms with Gasteiger partial charge in [-0.15, -0.1) is 0 Å². The van der Waals surface area contributed by atoms with Gasteiger partial charge in [0.25, 0.3) is 0 Å². The molecule has 1 nitrogen and oxygen atoms in total. The maximum absolute atomic E-state index is 9.87. The van der Waals surface area contributed by atoms with Gasteiger partial charge in [-0.25, -0.2) is 0 Å². The average Bonchev–Trinajstić information content (AvgIpc) is 2.99. The van der Waals surface area contributed by atoms with E-state index in [2.05, 4.69) is 26.0 Å². The SMILES string of the molecule is CC(C)CCCC[C@@H]1CC[C@@]2(CCC/C(=C\C=C3\CCC[C@H](O)C3)C2)C1. The lowest BCUT2D eigenvalue weighted by Crippen LogP contribution is -2.22. The summed E-state index contributed by atoms with van der Waals surface area (Å²) >= 11 is 0. The Bertz CT molecular complexity index is 500. The molecule has 0 amide bonds. The first-order valence-electron chi connectivity index (χ1n) is 11.6. The van der Waals surface area contributed by atoms with Crippen LogP contribution in [0.3, 0.4) is 0 Å². The van der Waals surface area contributed by atoms with Crippen LogP contribution in [0.5, 0.6) is 0 Å². The summed E-state index contributed by atoms with van der Waals surface area (Å²) in [4.78, 5) is 0. The van der Waals surface area contributed by atoms with Crippen LogP contribution in [0.4, 0.5) is 0 Å². The molecule has 3 aliphatic rings. The van der Waals surface area contributed by atoms with Gasteiger partial charge in [-0.2, -0.15) is 0 Å². The van der Waals surface area contributed by atoms with Crippen molar-refractivity contribution in [2.24, 2.45) is 17.3 Å². The van der Waals surface area contributed by atoms with E-state index in [1.165, 1.54) is 89.0 Å². The van der Waals surface area contributed by atoms with Gasteiger partial charge in [-0.3, -0.25) is 0 Å². The van der Waals surface area contributed by atoms with Crippen LogP contribution in [0.2, 0.25) is 0 Å². The quantitative estimate of drug-likeness (QED) is 0.492.